The molecule has 3 rings (SSSR count). The number of benzene rings is 2. The van der Waals surface area contributed by atoms with Crippen LogP contribution in [0.3, 0.4) is 0 Å². The number of urea groups is 1. The topological polar surface area (TPSA) is 70.7 Å². The molecule has 0 radical (unpaired) electrons. The van der Waals surface area contributed by atoms with Crippen molar-refractivity contribution in [2.45, 2.75) is 12.8 Å². The van der Waals surface area contributed by atoms with Crippen molar-refractivity contribution in [2.75, 3.05) is 29.2 Å². The maximum atomic E-state index is 12.0. The molecule has 6 nitrogen and oxygen atoms in total. The van der Waals surface area contributed by atoms with E-state index < -0.39 is 0 Å². The number of nitrogens with one attached hydrogen (secondary N) is 2. The Hall–Kier alpha value is -3.02. The van der Waals surface area contributed by atoms with Crippen LogP contribution in [0.5, 0.6) is 5.75 Å². The molecule has 1 aliphatic heterocycles. The largest absolute Gasteiger partial charge is 0.494 e. The number of carbonyl (C=O) groups excluding carboxylic acids is 2. The molecule has 1 aliphatic rings. The molecule has 1 heterocycles. The fraction of sp³-hybridized carbons (Fsp3) is 0.222. The van der Waals surface area contributed by atoms with Crippen LogP contribution in [0.4, 0.5) is 21.9 Å². The second-order valence-electron chi connectivity index (χ2n) is 5.48. The Balaban J connectivity index is 1.72. The Morgan fingerprint density at radius 1 is 1.08 bits per heavy atom. The number of nitrogens with zero attached hydrogens (tertiary/aromatic N) is 1. The monoisotopic (exact) mass is 325 g/mol. The predicted octanol–water partition coefficient (Wildman–Crippen LogP) is 3.47. The summed E-state index contributed by atoms with van der Waals surface area (Å²) in [5.41, 5.74) is 2.03. The standard InChI is InChI=1S/C18H19N3O3/c1-24-16-12-14(9-10-15(16)21-11-5-8-17(21)22)20-18(23)19-13-6-3-2-4-7-13/h2-4,6-7,9-10,12H,5,8,11H2,1H3,(H2,19,20,23). The summed E-state index contributed by atoms with van der Waals surface area (Å²) < 4.78 is 5.38. The molecule has 0 aliphatic carbocycles. The molecule has 24 heavy (non-hydrogen) atoms. The van der Waals surface area contributed by atoms with E-state index >= 15 is 0 Å². The minimum absolute atomic E-state index is 0.0934. The molecule has 0 atom stereocenters. The normalized spacial score (nSPS) is 13.7. The molecular weight excluding hydrogens is 306 g/mol. The van der Waals surface area contributed by atoms with Gasteiger partial charge in [-0.3, -0.25) is 4.79 Å². The van der Waals surface area contributed by atoms with E-state index in [1.807, 2.05) is 30.3 Å². The third-order valence-electron chi connectivity index (χ3n) is 3.83. The van der Waals surface area contributed by atoms with Crippen LogP contribution in [0.25, 0.3) is 0 Å². The molecular formula is C18H19N3O3. The zero-order valence-electron chi connectivity index (χ0n) is 13.4. The maximum absolute atomic E-state index is 12.0. The van der Waals surface area contributed by atoms with Gasteiger partial charge in [0.1, 0.15) is 5.75 Å². The Bertz CT molecular complexity index is 746. The van der Waals surface area contributed by atoms with E-state index in [4.69, 9.17) is 4.74 Å². The number of rotatable bonds is 4. The number of para-hydroxylation sites is 1. The van der Waals surface area contributed by atoms with Gasteiger partial charge in [-0.15, -0.1) is 0 Å². The highest BCUT2D eigenvalue weighted by Crippen LogP contribution is 2.33. The summed E-state index contributed by atoms with van der Waals surface area (Å²) in [5.74, 6) is 0.651. The first kappa shape index (κ1) is 15.9. The second kappa shape index (κ2) is 7.04. The van der Waals surface area contributed by atoms with E-state index in [1.165, 1.54) is 0 Å². The van der Waals surface area contributed by atoms with Gasteiger partial charge in [0, 0.05) is 30.4 Å². The molecule has 1 saturated heterocycles. The quantitative estimate of drug-likeness (QED) is 0.904. The van der Waals surface area contributed by atoms with E-state index in [2.05, 4.69) is 10.6 Å². The minimum atomic E-state index is -0.340. The number of anilines is 3. The molecule has 3 amide bonds. The van der Waals surface area contributed by atoms with Crippen LogP contribution >= 0.6 is 0 Å². The van der Waals surface area contributed by atoms with Crippen molar-refractivity contribution in [3.8, 4) is 5.75 Å². The molecule has 0 unspecified atom stereocenters. The lowest BCUT2D eigenvalue weighted by molar-refractivity contribution is -0.117. The third-order valence-corrected chi connectivity index (χ3v) is 3.83. The molecule has 0 aromatic heterocycles. The molecule has 6 heteroatoms. The highest BCUT2D eigenvalue weighted by atomic mass is 16.5. The summed E-state index contributed by atoms with van der Waals surface area (Å²) in [6.45, 7) is 0.691. The van der Waals surface area contributed by atoms with Gasteiger partial charge in [0.05, 0.1) is 12.8 Å². The smallest absolute Gasteiger partial charge is 0.323 e. The Morgan fingerprint density at radius 3 is 2.50 bits per heavy atom. The number of hydrogen-bond donors (Lipinski definition) is 2. The molecule has 0 spiro atoms. The van der Waals surface area contributed by atoms with Crippen LogP contribution in [0, 0.1) is 0 Å². The van der Waals surface area contributed by atoms with Crippen molar-refractivity contribution in [1.82, 2.24) is 0 Å². The first-order valence-corrected chi connectivity index (χ1v) is 7.79. The summed E-state index contributed by atoms with van der Waals surface area (Å²) in [7, 11) is 1.55. The lowest BCUT2D eigenvalue weighted by atomic mass is 10.2. The molecule has 2 aromatic carbocycles. The lowest BCUT2D eigenvalue weighted by Crippen LogP contribution is -2.24. The third kappa shape index (κ3) is 3.48. The predicted molar refractivity (Wildman–Crippen MR) is 93.7 cm³/mol. The van der Waals surface area contributed by atoms with Crippen LogP contribution < -0.4 is 20.3 Å². The lowest BCUT2D eigenvalue weighted by Gasteiger charge is -2.19. The number of methoxy groups -OCH3 is 1. The van der Waals surface area contributed by atoms with Gasteiger partial charge in [-0.2, -0.15) is 0 Å². The molecule has 124 valence electrons. The van der Waals surface area contributed by atoms with Crippen molar-refractivity contribution in [3.63, 3.8) is 0 Å². The zero-order valence-corrected chi connectivity index (χ0v) is 13.4. The minimum Gasteiger partial charge on any atom is -0.494 e. The first-order valence-electron chi connectivity index (χ1n) is 7.79. The van der Waals surface area contributed by atoms with Crippen molar-refractivity contribution in [1.29, 1.82) is 0 Å². The second-order valence-corrected chi connectivity index (χ2v) is 5.48. The number of amides is 3. The van der Waals surface area contributed by atoms with Gasteiger partial charge in [-0.25, -0.2) is 4.79 Å². The fourth-order valence-electron chi connectivity index (χ4n) is 2.70. The Kier molecular flexibility index (Phi) is 4.65. The van der Waals surface area contributed by atoms with Crippen molar-refractivity contribution in [3.05, 3.63) is 48.5 Å². The van der Waals surface area contributed by atoms with E-state index in [-0.39, 0.29) is 11.9 Å². The van der Waals surface area contributed by atoms with Crippen molar-refractivity contribution in [2.24, 2.45) is 0 Å². The first-order chi connectivity index (χ1) is 11.7. The number of ether oxygens (including phenoxy) is 1. The zero-order chi connectivity index (χ0) is 16.9. The van der Waals surface area contributed by atoms with Gasteiger partial charge in [0.2, 0.25) is 5.91 Å². The van der Waals surface area contributed by atoms with Gasteiger partial charge in [0.25, 0.3) is 0 Å². The van der Waals surface area contributed by atoms with E-state index in [0.29, 0.717) is 30.1 Å². The van der Waals surface area contributed by atoms with Gasteiger partial charge in [-0.05, 0) is 30.7 Å². The summed E-state index contributed by atoms with van der Waals surface area (Å²) in [6, 6.07) is 14.1. The van der Waals surface area contributed by atoms with E-state index in [1.54, 1.807) is 30.2 Å². The van der Waals surface area contributed by atoms with E-state index in [9.17, 15) is 9.59 Å². The van der Waals surface area contributed by atoms with Crippen LogP contribution in [0.15, 0.2) is 48.5 Å². The maximum Gasteiger partial charge on any atom is 0.323 e. The number of hydrogen-bond acceptors (Lipinski definition) is 3. The molecule has 0 bridgehead atoms. The molecule has 2 aromatic rings. The van der Waals surface area contributed by atoms with Crippen LogP contribution in [-0.4, -0.2) is 25.6 Å². The summed E-state index contributed by atoms with van der Waals surface area (Å²) in [4.78, 5) is 25.7. The Morgan fingerprint density at radius 2 is 1.83 bits per heavy atom. The van der Waals surface area contributed by atoms with Crippen LogP contribution in [-0.2, 0) is 4.79 Å². The summed E-state index contributed by atoms with van der Waals surface area (Å²) in [6.07, 6.45) is 1.41. The van der Waals surface area contributed by atoms with Crippen LogP contribution in [0.2, 0.25) is 0 Å². The van der Waals surface area contributed by atoms with Gasteiger partial charge >= 0.3 is 6.03 Å². The van der Waals surface area contributed by atoms with E-state index in [0.717, 1.165) is 12.1 Å². The number of carbonyl (C=O) groups is 2. The highest BCUT2D eigenvalue weighted by Gasteiger charge is 2.24. The van der Waals surface area contributed by atoms with Crippen LogP contribution in [0.1, 0.15) is 12.8 Å². The molecule has 1 fully saturated rings. The SMILES string of the molecule is COc1cc(NC(=O)Nc2ccccc2)ccc1N1CCCC1=O. The molecule has 2 N–H and O–H groups in total. The Labute approximate surface area is 140 Å². The summed E-state index contributed by atoms with van der Waals surface area (Å²) >= 11 is 0. The van der Waals surface area contributed by atoms with Gasteiger partial charge in [-0.1, -0.05) is 18.2 Å². The average Bonchev–Trinajstić information content (AvgIpc) is 3.01. The van der Waals surface area contributed by atoms with Gasteiger partial charge in [0.15, 0.2) is 0 Å². The average molecular weight is 325 g/mol. The summed E-state index contributed by atoms with van der Waals surface area (Å²) in [5, 5.41) is 5.51. The van der Waals surface area contributed by atoms with Crippen molar-refractivity contribution < 1.29 is 14.3 Å². The van der Waals surface area contributed by atoms with Crippen molar-refractivity contribution >= 4 is 29.0 Å². The fourth-order valence-corrected chi connectivity index (χ4v) is 2.70. The molecule has 0 saturated carbocycles. The van der Waals surface area contributed by atoms with Gasteiger partial charge < -0.3 is 20.3 Å². The highest BCUT2D eigenvalue weighted by molar-refractivity contribution is 6.01.